The first-order valence-electron chi connectivity index (χ1n) is 7.02. The Hall–Kier alpha value is -1.13. The number of rotatable bonds is 7. The van der Waals surface area contributed by atoms with Crippen molar-refractivity contribution >= 4 is 17.5 Å². The molecule has 2 N–H and O–H groups in total. The van der Waals surface area contributed by atoms with E-state index in [0.29, 0.717) is 24.4 Å². The molecule has 5 heteroatoms. The predicted molar refractivity (Wildman–Crippen MR) is 81.2 cm³/mol. The summed E-state index contributed by atoms with van der Waals surface area (Å²) in [5.74, 6) is 0.102. The summed E-state index contributed by atoms with van der Waals surface area (Å²) in [6.07, 6.45) is 2.72. The molecule has 0 saturated carbocycles. The molecule has 1 atom stereocenters. The second kappa shape index (κ2) is 8.22. The number of aliphatic hydroxyl groups excluding tert-OH is 1. The molecule has 0 aliphatic heterocycles. The summed E-state index contributed by atoms with van der Waals surface area (Å²) in [4.78, 5) is 16.3. The van der Waals surface area contributed by atoms with E-state index >= 15 is 0 Å². The van der Waals surface area contributed by atoms with Gasteiger partial charge in [0.25, 0.3) is 5.91 Å². The van der Waals surface area contributed by atoms with Crippen molar-refractivity contribution in [3.8, 4) is 0 Å². The third kappa shape index (κ3) is 4.76. The van der Waals surface area contributed by atoms with Crippen LogP contribution in [0.25, 0.3) is 0 Å². The summed E-state index contributed by atoms with van der Waals surface area (Å²) < 4.78 is 0. The SMILES string of the molecule is CCCC(CCO)CNC(=O)c1c(C)cc(C)nc1Cl. The molecule has 1 aromatic heterocycles. The van der Waals surface area contributed by atoms with E-state index in [1.165, 1.54) is 0 Å². The van der Waals surface area contributed by atoms with Crippen molar-refractivity contribution in [2.75, 3.05) is 13.2 Å². The van der Waals surface area contributed by atoms with E-state index in [1.54, 1.807) is 0 Å². The summed E-state index contributed by atoms with van der Waals surface area (Å²) >= 11 is 6.06. The van der Waals surface area contributed by atoms with Gasteiger partial charge < -0.3 is 10.4 Å². The summed E-state index contributed by atoms with van der Waals surface area (Å²) in [5, 5.41) is 12.2. The number of carbonyl (C=O) groups excluding carboxylic acids is 1. The maximum absolute atomic E-state index is 12.2. The topological polar surface area (TPSA) is 62.2 Å². The summed E-state index contributed by atoms with van der Waals surface area (Å²) in [6, 6.07) is 1.85. The number of pyridine rings is 1. The minimum atomic E-state index is -0.195. The molecular formula is C15H23ClN2O2. The van der Waals surface area contributed by atoms with Gasteiger partial charge in [-0.3, -0.25) is 4.79 Å². The van der Waals surface area contributed by atoms with Gasteiger partial charge in [-0.05, 0) is 44.2 Å². The van der Waals surface area contributed by atoms with Crippen LogP contribution < -0.4 is 5.32 Å². The van der Waals surface area contributed by atoms with E-state index in [4.69, 9.17) is 16.7 Å². The third-order valence-corrected chi connectivity index (χ3v) is 3.59. The molecule has 1 aromatic rings. The van der Waals surface area contributed by atoms with E-state index in [9.17, 15) is 4.79 Å². The number of aromatic nitrogens is 1. The van der Waals surface area contributed by atoms with Crippen molar-refractivity contribution in [2.45, 2.75) is 40.0 Å². The van der Waals surface area contributed by atoms with Crippen molar-refractivity contribution in [1.29, 1.82) is 0 Å². The fraction of sp³-hybridized carbons (Fsp3) is 0.600. The van der Waals surface area contributed by atoms with Crippen molar-refractivity contribution in [2.24, 2.45) is 5.92 Å². The zero-order chi connectivity index (χ0) is 15.1. The Morgan fingerprint density at radius 2 is 2.15 bits per heavy atom. The molecule has 0 bridgehead atoms. The number of amides is 1. The van der Waals surface area contributed by atoms with Gasteiger partial charge in [0.2, 0.25) is 0 Å². The number of hydrogen-bond acceptors (Lipinski definition) is 3. The molecule has 0 spiro atoms. The lowest BCUT2D eigenvalue weighted by Gasteiger charge is -2.16. The fourth-order valence-corrected chi connectivity index (χ4v) is 2.70. The van der Waals surface area contributed by atoms with Crippen molar-refractivity contribution in [1.82, 2.24) is 10.3 Å². The second-order valence-electron chi connectivity index (χ2n) is 5.12. The highest BCUT2D eigenvalue weighted by molar-refractivity contribution is 6.32. The smallest absolute Gasteiger partial charge is 0.254 e. The molecule has 0 saturated heterocycles. The highest BCUT2D eigenvalue weighted by atomic mass is 35.5. The van der Waals surface area contributed by atoms with Crippen LogP contribution in [0.5, 0.6) is 0 Å². The molecule has 112 valence electrons. The lowest BCUT2D eigenvalue weighted by Crippen LogP contribution is -2.30. The van der Waals surface area contributed by atoms with Gasteiger partial charge in [-0.2, -0.15) is 0 Å². The number of carbonyl (C=O) groups is 1. The molecule has 1 heterocycles. The minimum Gasteiger partial charge on any atom is -0.396 e. The highest BCUT2D eigenvalue weighted by Gasteiger charge is 2.16. The monoisotopic (exact) mass is 298 g/mol. The summed E-state index contributed by atoms with van der Waals surface area (Å²) in [7, 11) is 0. The number of halogens is 1. The molecule has 1 amide bonds. The zero-order valence-electron chi connectivity index (χ0n) is 12.4. The van der Waals surface area contributed by atoms with E-state index in [-0.39, 0.29) is 17.7 Å². The predicted octanol–water partition coefficient (Wildman–Crippen LogP) is 2.88. The maximum Gasteiger partial charge on any atom is 0.254 e. The van der Waals surface area contributed by atoms with Crippen LogP contribution >= 0.6 is 11.6 Å². The van der Waals surface area contributed by atoms with Crippen LogP contribution in [0.2, 0.25) is 5.15 Å². The molecule has 4 nitrogen and oxygen atoms in total. The molecular weight excluding hydrogens is 276 g/mol. The Labute approximate surface area is 125 Å². The number of aryl methyl sites for hydroxylation is 2. The number of hydrogen-bond donors (Lipinski definition) is 2. The van der Waals surface area contributed by atoms with Crippen LogP contribution in [0.3, 0.4) is 0 Å². The van der Waals surface area contributed by atoms with Gasteiger partial charge in [0.05, 0.1) is 5.56 Å². The summed E-state index contributed by atoms with van der Waals surface area (Å²) in [6.45, 7) is 6.49. The second-order valence-corrected chi connectivity index (χ2v) is 5.48. The lowest BCUT2D eigenvalue weighted by atomic mass is 10.00. The molecule has 0 radical (unpaired) electrons. The molecule has 1 unspecified atom stereocenters. The van der Waals surface area contributed by atoms with Crippen LogP contribution in [0, 0.1) is 19.8 Å². The van der Waals surface area contributed by atoms with Crippen molar-refractivity contribution < 1.29 is 9.90 Å². The molecule has 0 aliphatic rings. The first-order valence-corrected chi connectivity index (χ1v) is 7.40. The van der Waals surface area contributed by atoms with Gasteiger partial charge in [-0.25, -0.2) is 4.98 Å². The van der Waals surface area contributed by atoms with Gasteiger partial charge >= 0.3 is 0 Å². The normalized spacial score (nSPS) is 12.2. The van der Waals surface area contributed by atoms with Crippen LogP contribution in [-0.4, -0.2) is 29.1 Å². The van der Waals surface area contributed by atoms with E-state index in [1.807, 2.05) is 19.9 Å². The van der Waals surface area contributed by atoms with Crippen LogP contribution in [-0.2, 0) is 0 Å². The molecule has 0 fully saturated rings. The Balaban J connectivity index is 2.71. The maximum atomic E-state index is 12.2. The van der Waals surface area contributed by atoms with E-state index < -0.39 is 0 Å². The molecule has 1 rings (SSSR count). The first-order chi connectivity index (χ1) is 9.49. The zero-order valence-corrected chi connectivity index (χ0v) is 13.1. The first kappa shape index (κ1) is 16.9. The standard InChI is InChI=1S/C15H23ClN2O2/c1-4-5-12(6-7-19)9-17-15(20)13-10(2)8-11(3)18-14(13)16/h8,12,19H,4-7,9H2,1-3H3,(H,17,20). The van der Waals surface area contributed by atoms with Crippen molar-refractivity contribution in [3.05, 3.63) is 28.0 Å². The van der Waals surface area contributed by atoms with Crippen molar-refractivity contribution in [3.63, 3.8) is 0 Å². The average molecular weight is 299 g/mol. The van der Waals surface area contributed by atoms with Gasteiger partial charge in [0.15, 0.2) is 0 Å². The molecule has 0 aliphatic carbocycles. The average Bonchev–Trinajstić information content (AvgIpc) is 2.35. The Bertz CT molecular complexity index is 434. The molecule has 0 aromatic carbocycles. The van der Waals surface area contributed by atoms with E-state index in [2.05, 4.69) is 17.2 Å². The fourth-order valence-electron chi connectivity index (χ4n) is 2.33. The highest BCUT2D eigenvalue weighted by Crippen LogP contribution is 2.19. The van der Waals surface area contributed by atoms with Gasteiger partial charge in [0.1, 0.15) is 5.15 Å². The van der Waals surface area contributed by atoms with E-state index in [0.717, 1.165) is 24.1 Å². The molecule has 20 heavy (non-hydrogen) atoms. The van der Waals surface area contributed by atoms with Crippen LogP contribution in [0.15, 0.2) is 6.07 Å². The number of nitrogens with one attached hydrogen (secondary N) is 1. The van der Waals surface area contributed by atoms with Crippen LogP contribution in [0.1, 0.15) is 47.8 Å². The third-order valence-electron chi connectivity index (χ3n) is 3.31. The largest absolute Gasteiger partial charge is 0.396 e. The van der Waals surface area contributed by atoms with Crippen LogP contribution in [0.4, 0.5) is 0 Å². The lowest BCUT2D eigenvalue weighted by molar-refractivity contribution is 0.0942. The quantitative estimate of drug-likeness (QED) is 0.761. The minimum absolute atomic E-state index is 0.145. The Morgan fingerprint density at radius 3 is 2.70 bits per heavy atom. The van der Waals surface area contributed by atoms with Gasteiger partial charge in [-0.1, -0.05) is 24.9 Å². The van der Waals surface area contributed by atoms with Gasteiger partial charge in [0, 0.05) is 18.8 Å². The van der Waals surface area contributed by atoms with Gasteiger partial charge in [-0.15, -0.1) is 0 Å². The summed E-state index contributed by atoms with van der Waals surface area (Å²) in [5.41, 5.74) is 2.07. The Morgan fingerprint density at radius 1 is 1.45 bits per heavy atom. The number of nitrogens with zero attached hydrogens (tertiary/aromatic N) is 1. The number of aliphatic hydroxyl groups is 1. The Kier molecular flexibility index (Phi) is 6.96.